The highest BCUT2D eigenvalue weighted by Gasteiger charge is 2.36. The van der Waals surface area contributed by atoms with E-state index >= 15 is 0 Å². The lowest BCUT2D eigenvalue weighted by Crippen LogP contribution is -2.54. The van der Waals surface area contributed by atoms with Crippen molar-refractivity contribution in [1.29, 1.82) is 0 Å². The molecule has 2 heterocycles. The van der Waals surface area contributed by atoms with Gasteiger partial charge in [-0.3, -0.25) is 4.79 Å². The Morgan fingerprint density at radius 3 is 2.38 bits per heavy atom. The molecule has 2 aliphatic rings. The first-order chi connectivity index (χ1) is 13.9. The molecule has 0 aromatic heterocycles. The summed E-state index contributed by atoms with van der Waals surface area (Å²) in [5.74, 6) is -0.633. The van der Waals surface area contributed by atoms with E-state index in [2.05, 4.69) is 10.9 Å². The SMILES string of the molecule is O=C(C1CC(c2ccccc2)NN1)N1CCN(S(=O)(=O)c2cccc(F)c2)CC1. The number of piperazine rings is 1. The Bertz CT molecular complexity index is 978. The Balaban J connectivity index is 1.35. The molecule has 2 N–H and O–H groups in total. The summed E-state index contributed by atoms with van der Waals surface area (Å²) in [6.07, 6.45) is 0.630. The van der Waals surface area contributed by atoms with Crippen LogP contribution in [0, 0.1) is 5.82 Å². The first-order valence-electron chi connectivity index (χ1n) is 9.55. The molecule has 0 bridgehead atoms. The van der Waals surface area contributed by atoms with Gasteiger partial charge in [0.1, 0.15) is 11.9 Å². The molecule has 7 nitrogen and oxygen atoms in total. The number of amides is 1. The van der Waals surface area contributed by atoms with Crippen LogP contribution in [0.3, 0.4) is 0 Å². The van der Waals surface area contributed by atoms with Gasteiger partial charge in [-0.2, -0.15) is 4.31 Å². The molecule has 2 unspecified atom stereocenters. The van der Waals surface area contributed by atoms with Gasteiger partial charge >= 0.3 is 0 Å². The summed E-state index contributed by atoms with van der Waals surface area (Å²) in [4.78, 5) is 14.5. The van der Waals surface area contributed by atoms with Gasteiger partial charge in [0.05, 0.1) is 4.90 Å². The minimum Gasteiger partial charge on any atom is -0.339 e. The van der Waals surface area contributed by atoms with Crippen LogP contribution in [0.5, 0.6) is 0 Å². The summed E-state index contributed by atoms with van der Waals surface area (Å²) in [5, 5.41) is 0. The lowest BCUT2D eigenvalue weighted by atomic mass is 10.0. The summed E-state index contributed by atoms with van der Waals surface area (Å²) in [6, 6.07) is 14.6. The molecule has 4 rings (SSSR count). The smallest absolute Gasteiger partial charge is 0.243 e. The van der Waals surface area contributed by atoms with Crippen molar-refractivity contribution in [3.63, 3.8) is 0 Å². The molecule has 2 aromatic carbocycles. The molecule has 1 amide bonds. The molecule has 2 aliphatic heterocycles. The highest BCUT2D eigenvalue weighted by molar-refractivity contribution is 7.89. The quantitative estimate of drug-likeness (QED) is 0.782. The molecule has 2 saturated heterocycles. The molecular formula is C20H23FN4O3S. The maximum Gasteiger partial charge on any atom is 0.243 e. The van der Waals surface area contributed by atoms with Crippen molar-refractivity contribution in [2.45, 2.75) is 23.4 Å². The Labute approximate surface area is 169 Å². The number of hydrazine groups is 1. The number of nitrogens with one attached hydrogen (secondary N) is 2. The lowest BCUT2D eigenvalue weighted by molar-refractivity contribution is -0.134. The van der Waals surface area contributed by atoms with Crippen LogP contribution in [0.4, 0.5) is 4.39 Å². The fraction of sp³-hybridized carbons (Fsp3) is 0.350. The topological polar surface area (TPSA) is 81.8 Å². The summed E-state index contributed by atoms with van der Waals surface area (Å²) < 4.78 is 40.1. The minimum atomic E-state index is -3.77. The maximum atomic E-state index is 13.4. The van der Waals surface area contributed by atoms with Crippen LogP contribution in [-0.2, 0) is 14.8 Å². The van der Waals surface area contributed by atoms with Crippen molar-refractivity contribution < 1.29 is 17.6 Å². The van der Waals surface area contributed by atoms with Gasteiger partial charge in [0.15, 0.2) is 0 Å². The fourth-order valence-corrected chi connectivity index (χ4v) is 5.22. The van der Waals surface area contributed by atoms with Gasteiger partial charge in [-0.1, -0.05) is 36.4 Å². The van der Waals surface area contributed by atoms with E-state index in [0.29, 0.717) is 19.5 Å². The average molecular weight is 418 g/mol. The average Bonchev–Trinajstić information content (AvgIpc) is 3.24. The van der Waals surface area contributed by atoms with E-state index in [1.165, 1.54) is 22.5 Å². The number of rotatable bonds is 4. The standard InChI is InChI=1S/C20H23FN4O3S/c21-16-7-4-8-17(13-16)29(27,28)25-11-9-24(10-12-25)20(26)19-14-18(22-23-19)15-5-2-1-3-6-15/h1-8,13,18-19,22-23H,9-12,14H2. The Kier molecular flexibility index (Phi) is 5.64. The monoisotopic (exact) mass is 418 g/mol. The molecule has 0 aliphatic carbocycles. The van der Waals surface area contributed by atoms with Gasteiger partial charge in [0.2, 0.25) is 15.9 Å². The zero-order chi connectivity index (χ0) is 20.4. The van der Waals surface area contributed by atoms with Gasteiger partial charge in [-0.05, 0) is 30.2 Å². The second kappa shape index (κ2) is 8.19. The molecule has 0 radical (unpaired) electrons. The Morgan fingerprint density at radius 2 is 1.69 bits per heavy atom. The number of carbonyl (C=O) groups is 1. The van der Waals surface area contributed by atoms with Gasteiger partial charge in [0, 0.05) is 32.2 Å². The van der Waals surface area contributed by atoms with Gasteiger partial charge in [-0.15, -0.1) is 0 Å². The first-order valence-corrected chi connectivity index (χ1v) is 11.0. The van der Waals surface area contributed by atoms with Crippen LogP contribution in [0.15, 0.2) is 59.5 Å². The first kappa shape index (κ1) is 20.0. The fourth-order valence-electron chi connectivity index (χ4n) is 3.77. The maximum absolute atomic E-state index is 13.4. The van der Waals surface area contributed by atoms with Crippen molar-refractivity contribution >= 4 is 15.9 Å². The van der Waals surface area contributed by atoms with E-state index in [4.69, 9.17) is 0 Å². The van der Waals surface area contributed by atoms with Crippen molar-refractivity contribution in [3.05, 3.63) is 66.0 Å². The van der Waals surface area contributed by atoms with Crippen LogP contribution in [0.2, 0.25) is 0 Å². The van der Waals surface area contributed by atoms with Crippen molar-refractivity contribution in [2.24, 2.45) is 0 Å². The van der Waals surface area contributed by atoms with E-state index in [9.17, 15) is 17.6 Å². The van der Waals surface area contributed by atoms with Crippen molar-refractivity contribution in [1.82, 2.24) is 20.1 Å². The van der Waals surface area contributed by atoms with Crippen LogP contribution in [0.1, 0.15) is 18.0 Å². The molecule has 2 atom stereocenters. The number of hydrogen-bond acceptors (Lipinski definition) is 5. The zero-order valence-corrected chi connectivity index (χ0v) is 16.6. The molecule has 2 aromatic rings. The third kappa shape index (κ3) is 4.18. The highest BCUT2D eigenvalue weighted by Crippen LogP contribution is 2.24. The van der Waals surface area contributed by atoms with Crippen LogP contribution in [0.25, 0.3) is 0 Å². The summed E-state index contributed by atoms with van der Waals surface area (Å²) >= 11 is 0. The third-order valence-corrected chi connectivity index (χ3v) is 7.28. The molecule has 29 heavy (non-hydrogen) atoms. The Morgan fingerprint density at radius 1 is 0.966 bits per heavy atom. The van der Waals surface area contributed by atoms with E-state index in [0.717, 1.165) is 11.6 Å². The second-order valence-electron chi connectivity index (χ2n) is 7.23. The summed E-state index contributed by atoms with van der Waals surface area (Å²) in [7, 11) is -3.77. The summed E-state index contributed by atoms with van der Waals surface area (Å²) in [6.45, 7) is 0.989. The molecule has 154 valence electrons. The van der Waals surface area contributed by atoms with Gasteiger partial charge in [-0.25, -0.2) is 23.7 Å². The van der Waals surface area contributed by atoms with Crippen molar-refractivity contribution in [2.75, 3.05) is 26.2 Å². The van der Waals surface area contributed by atoms with Crippen LogP contribution >= 0.6 is 0 Å². The largest absolute Gasteiger partial charge is 0.339 e. The van der Waals surface area contributed by atoms with Crippen LogP contribution in [-0.4, -0.2) is 55.8 Å². The van der Waals surface area contributed by atoms with Crippen LogP contribution < -0.4 is 10.9 Å². The highest BCUT2D eigenvalue weighted by atomic mass is 32.2. The molecule has 0 spiro atoms. The summed E-state index contributed by atoms with van der Waals surface area (Å²) in [5.41, 5.74) is 7.34. The number of halogens is 1. The number of hydrogen-bond donors (Lipinski definition) is 2. The molecule has 2 fully saturated rings. The number of benzene rings is 2. The number of carbonyl (C=O) groups excluding carboxylic acids is 1. The lowest BCUT2D eigenvalue weighted by Gasteiger charge is -2.35. The predicted molar refractivity (Wildman–Crippen MR) is 106 cm³/mol. The molecule has 0 saturated carbocycles. The van der Waals surface area contributed by atoms with Crippen molar-refractivity contribution in [3.8, 4) is 0 Å². The van der Waals surface area contributed by atoms with E-state index < -0.39 is 15.8 Å². The molecular weight excluding hydrogens is 395 g/mol. The normalized spacial score (nSPS) is 23.3. The van der Waals surface area contributed by atoms with Gasteiger partial charge in [0.25, 0.3) is 0 Å². The van der Waals surface area contributed by atoms with E-state index in [-0.39, 0.29) is 36.0 Å². The minimum absolute atomic E-state index is 0.0428. The zero-order valence-electron chi connectivity index (χ0n) is 15.8. The molecule has 9 heteroatoms. The number of sulfonamides is 1. The predicted octanol–water partition coefficient (Wildman–Crippen LogP) is 1.27. The number of nitrogens with zero attached hydrogens (tertiary/aromatic N) is 2. The van der Waals surface area contributed by atoms with E-state index in [1.807, 2.05) is 30.3 Å². The Hall–Kier alpha value is -2.33. The van der Waals surface area contributed by atoms with E-state index in [1.54, 1.807) is 4.90 Å². The second-order valence-corrected chi connectivity index (χ2v) is 9.16. The third-order valence-electron chi connectivity index (χ3n) is 5.39. The van der Waals surface area contributed by atoms with Gasteiger partial charge < -0.3 is 4.90 Å².